The summed E-state index contributed by atoms with van der Waals surface area (Å²) < 4.78 is 5.26. The van der Waals surface area contributed by atoms with Crippen LogP contribution in [0.4, 0.5) is 0 Å². The van der Waals surface area contributed by atoms with Crippen molar-refractivity contribution in [3.63, 3.8) is 0 Å². The minimum atomic E-state index is -0.864. The molecule has 1 fully saturated rings. The van der Waals surface area contributed by atoms with Crippen LogP contribution in [0, 0.1) is 5.92 Å². The van der Waals surface area contributed by atoms with Crippen molar-refractivity contribution in [1.29, 1.82) is 0 Å². The van der Waals surface area contributed by atoms with Gasteiger partial charge in [0.15, 0.2) is 0 Å². The second-order valence-corrected chi connectivity index (χ2v) is 6.67. The van der Waals surface area contributed by atoms with E-state index in [-0.39, 0.29) is 18.2 Å². The smallest absolute Gasteiger partial charge is 0.303 e. The maximum absolute atomic E-state index is 12.7. The molecule has 1 saturated carbocycles. The Morgan fingerprint density at radius 1 is 1.36 bits per heavy atom. The molecule has 0 bridgehead atoms. The van der Waals surface area contributed by atoms with Crippen LogP contribution in [-0.2, 0) is 4.79 Å². The number of benzene rings is 1. The van der Waals surface area contributed by atoms with E-state index in [1.807, 2.05) is 24.3 Å². The number of methoxy groups -OCH3 is 1. The van der Waals surface area contributed by atoms with Gasteiger partial charge < -0.3 is 15.2 Å². The van der Waals surface area contributed by atoms with E-state index in [0.717, 1.165) is 29.4 Å². The fourth-order valence-corrected chi connectivity index (χ4v) is 2.86. The molecule has 3 rings (SSSR count). The molecule has 1 aliphatic rings. The minimum Gasteiger partial charge on any atom is -0.497 e. The highest BCUT2D eigenvalue weighted by Crippen LogP contribution is 2.40. The lowest BCUT2D eigenvalue weighted by atomic mass is 10.0. The molecule has 0 spiro atoms. The molecule has 6 heteroatoms. The number of nitrogens with zero attached hydrogens (tertiary/aromatic N) is 1. The third-order valence-electron chi connectivity index (χ3n) is 4.41. The van der Waals surface area contributed by atoms with Gasteiger partial charge in [0.1, 0.15) is 5.75 Å². The summed E-state index contributed by atoms with van der Waals surface area (Å²) in [5.41, 5.74) is 2.28. The largest absolute Gasteiger partial charge is 0.497 e. The third-order valence-corrected chi connectivity index (χ3v) is 4.41. The molecule has 1 amide bonds. The molecule has 132 valence electrons. The summed E-state index contributed by atoms with van der Waals surface area (Å²) in [4.78, 5) is 28.2. The number of carbonyl (C=O) groups excluding carboxylic acids is 1. The minimum absolute atomic E-state index is 0.0263. The first kappa shape index (κ1) is 17.2. The Labute approximate surface area is 146 Å². The van der Waals surface area contributed by atoms with Crippen molar-refractivity contribution in [3.8, 4) is 5.75 Å². The van der Waals surface area contributed by atoms with Crippen molar-refractivity contribution in [2.75, 3.05) is 13.7 Å². The summed E-state index contributed by atoms with van der Waals surface area (Å²) in [6.45, 7) is 2.12. The highest BCUT2D eigenvalue weighted by atomic mass is 16.5. The molecule has 0 radical (unpaired) electrons. The number of carboxylic acid groups (broad SMARTS) is 1. The molecule has 1 aromatic heterocycles. The molecule has 0 aliphatic heterocycles. The van der Waals surface area contributed by atoms with Crippen LogP contribution in [0.3, 0.4) is 0 Å². The fourth-order valence-electron chi connectivity index (χ4n) is 2.86. The van der Waals surface area contributed by atoms with Gasteiger partial charge in [-0.15, -0.1) is 0 Å². The average molecular weight is 342 g/mol. The molecule has 1 heterocycles. The van der Waals surface area contributed by atoms with Crippen LogP contribution in [0.1, 0.15) is 48.2 Å². The summed E-state index contributed by atoms with van der Waals surface area (Å²) in [5.74, 6) is -0.102. The highest BCUT2D eigenvalue weighted by Gasteiger charge is 2.27. The van der Waals surface area contributed by atoms with E-state index in [1.165, 1.54) is 0 Å². The molecule has 1 aromatic carbocycles. The number of hydrogen-bond donors (Lipinski definition) is 2. The molecular weight excluding hydrogens is 320 g/mol. The molecule has 25 heavy (non-hydrogen) atoms. The number of amides is 1. The molecule has 1 unspecified atom stereocenters. The zero-order valence-electron chi connectivity index (χ0n) is 14.4. The second kappa shape index (κ2) is 7.09. The number of aromatic nitrogens is 1. The Hall–Kier alpha value is -2.63. The average Bonchev–Trinajstić information content (AvgIpc) is 3.42. The van der Waals surface area contributed by atoms with Crippen LogP contribution >= 0.6 is 0 Å². The van der Waals surface area contributed by atoms with Crippen molar-refractivity contribution < 1.29 is 19.4 Å². The van der Waals surface area contributed by atoms with Crippen molar-refractivity contribution in [2.45, 2.75) is 32.1 Å². The fraction of sp³-hybridized carbons (Fsp3) is 0.421. The Bertz CT molecular complexity index is 814. The number of hydrogen-bond acceptors (Lipinski definition) is 4. The molecule has 6 nitrogen and oxygen atoms in total. The van der Waals surface area contributed by atoms with E-state index in [9.17, 15) is 9.59 Å². The summed E-state index contributed by atoms with van der Waals surface area (Å²) in [7, 11) is 1.58. The number of aliphatic carboxylic acids is 1. The Morgan fingerprint density at radius 2 is 2.12 bits per heavy atom. The van der Waals surface area contributed by atoms with Crippen molar-refractivity contribution in [1.82, 2.24) is 10.3 Å². The van der Waals surface area contributed by atoms with Crippen molar-refractivity contribution >= 4 is 22.8 Å². The summed E-state index contributed by atoms with van der Waals surface area (Å²) in [6, 6.07) is 7.37. The quantitative estimate of drug-likeness (QED) is 0.807. The zero-order valence-corrected chi connectivity index (χ0v) is 14.4. The van der Waals surface area contributed by atoms with Gasteiger partial charge in [0.05, 0.1) is 18.2 Å². The molecule has 2 aromatic rings. The molecular formula is C19H22N2O4. The maximum Gasteiger partial charge on any atom is 0.303 e. The number of ether oxygens (including phenoxy) is 1. The number of carboxylic acids is 1. The normalized spacial score (nSPS) is 15.0. The summed E-state index contributed by atoms with van der Waals surface area (Å²) in [6.07, 6.45) is 2.23. The molecule has 1 aliphatic carbocycles. The second-order valence-electron chi connectivity index (χ2n) is 6.67. The van der Waals surface area contributed by atoms with Gasteiger partial charge in [0, 0.05) is 30.0 Å². The van der Waals surface area contributed by atoms with Crippen LogP contribution in [0.2, 0.25) is 0 Å². The Morgan fingerprint density at radius 3 is 2.76 bits per heavy atom. The first-order chi connectivity index (χ1) is 12.0. The number of nitrogens with one attached hydrogen (secondary N) is 1. The van der Waals surface area contributed by atoms with Crippen LogP contribution in [0.5, 0.6) is 5.75 Å². The van der Waals surface area contributed by atoms with E-state index in [2.05, 4.69) is 10.3 Å². The van der Waals surface area contributed by atoms with Gasteiger partial charge in [0.25, 0.3) is 5.91 Å². The van der Waals surface area contributed by atoms with Crippen LogP contribution in [0.25, 0.3) is 10.9 Å². The van der Waals surface area contributed by atoms with Gasteiger partial charge in [-0.1, -0.05) is 6.92 Å². The van der Waals surface area contributed by atoms with E-state index < -0.39 is 5.97 Å². The molecule has 1 atom stereocenters. The zero-order chi connectivity index (χ0) is 18.0. The molecule has 2 N–H and O–H groups in total. The highest BCUT2D eigenvalue weighted by molar-refractivity contribution is 6.06. The first-order valence-electron chi connectivity index (χ1n) is 8.46. The lowest BCUT2D eigenvalue weighted by molar-refractivity contribution is -0.137. The van der Waals surface area contributed by atoms with Gasteiger partial charge in [-0.3, -0.25) is 14.6 Å². The number of fused-ring (bicyclic) bond motifs is 1. The van der Waals surface area contributed by atoms with Crippen molar-refractivity contribution in [2.24, 2.45) is 5.92 Å². The number of rotatable bonds is 7. The Balaban J connectivity index is 1.89. The summed E-state index contributed by atoms with van der Waals surface area (Å²) in [5, 5.41) is 12.4. The van der Waals surface area contributed by atoms with Gasteiger partial charge in [-0.25, -0.2) is 0 Å². The van der Waals surface area contributed by atoms with E-state index >= 15 is 0 Å². The van der Waals surface area contributed by atoms with Crippen LogP contribution < -0.4 is 10.1 Å². The lowest BCUT2D eigenvalue weighted by Crippen LogP contribution is -2.29. The lowest BCUT2D eigenvalue weighted by Gasteiger charge is -2.13. The Kier molecular flexibility index (Phi) is 4.88. The van der Waals surface area contributed by atoms with E-state index in [1.54, 1.807) is 14.0 Å². The predicted molar refractivity (Wildman–Crippen MR) is 94.0 cm³/mol. The maximum atomic E-state index is 12.7. The van der Waals surface area contributed by atoms with Gasteiger partial charge in [-0.2, -0.15) is 0 Å². The van der Waals surface area contributed by atoms with Gasteiger partial charge in [0.2, 0.25) is 0 Å². The SMILES string of the molecule is COc1ccc2nc(C3CC3)cc(C(=O)NCC(C)CC(=O)O)c2c1. The third kappa shape index (κ3) is 4.07. The van der Waals surface area contributed by atoms with Crippen LogP contribution in [-0.4, -0.2) is 35.6 Å². The van der Waals surface area contributed by atoms with E-state index in [4.69, 9.17) is 9.84 Å². The first-order valence-corrected chi connectivity index (χ1v) is 8.46. The van der Waals surface area contributed by atoms with Crippen molar-refractivity contribution in [3.05, 3.63) is 35.5 Å². The molecule has 0 saturated heterocycles. The van der Waals surface area contributed by atoms with Gasteiger partial charge >= 0.3 is 5.97 Å². The standard InChI is InChI=1S/C19H22N2O4/c1-11(7-18(22)23)10-20-19(24)15-9-17(12-3-4-12)21-16-6-5-13(25-2)8-14(15)16/h5-6,8-9,11-12H,3-4,7,10H2,1-2H3,(H,20,24)(H,22,23). The summed E-state index contributed by atoms with van der Waals surface area (Å²) >= 11 is 0. The topological polar surface area (TPSA) is 88.5 Å². The van der Waals surface area contributed by atoms with Crippen LogP contribution in [0.15, 0.2) is 24.3 Å². The number of pyridine rings is 1. The monoisotopic (exact) mass is 342 g/mol. The van der Waals surface area contributed by atoms with E-state index in [0.29, 0.717) is 23.8 Å². The number of carbonyl (C=O) groups is 2. The van der Waals surface area contributed by atoms with Gasteiger partial charge in [-0.05, 0) is 43.0 Å². The predicted octanol–water partition coefficient (Wildman–Crippen LogP) is 2.96.